The van der Waals surface area contributed by atoms with Gasteiger partial charge in [-0.2, -0.15) is 0 Å². The Balaban J connectivity index is 1.48. The molecule has 1 heterocycles. The van der Waals surface area contributed by atoms with Crippen LogP contribution < -0.4 is 15.4 Å². The molecule has 166 valence electrons. The lowest BCUT2D eigenvalue weighted by atomic mass is 10.2. The van der Waals surface area contributed by atoms with Crippen LogP contribution in [0.15, 0.2) is 87.2 Å². The summed E-state index contributed by atoms with van der Waals surface area (Å²) in [6.07, 6.45) is 1.73. The van der Waals surface area contributed by atoms with Gasteiger partial charge in [0.1, 0.15) is 5.75 Å². The number of para-hydroxylation sites is 1. The fourth-order valence-corrected chi connectivity index (χ4v) is 4.45. The number of nitrogens with one attached hydrogen (secondary N) is 2. The Hall–Kier alpha value is -2.63. The summed E-state index contributed by atoms with van der Waals surface area (Å²) in [4.78, 5) is 29.7. The van der Waals surface area contributed by atoms with E-state index in [-0.39, 0.29) is 18.4 Å². The zero-order valence-corrected chi connectivity index (χ0v) is 21.6. The Morgan fingerprint density at radius 2 is 1.88 bits per heavy atom. The maximum Gasteiger partial charge on any atom is 0.264 e. The zero-order valence-electron chi connectivity index (χ0n) is 17.0. The molecule has 0 unspecified atom stereocenters. The number of halogens is 2. The van der Waals surface area contributed by atoms with Crippen LogP contribution >= 0.6 is 50.3 Å². The van der Waals surface area contributed by atoms with E-state index in [1.807, 2.05) is 54.6 Å². The van der Waals surface area contributed by atoms with Crippen LogP contribution in [0.3, 0.4) is 0 Å². The minimum Gasteiger partial charge on any atom is -0.483 e. The number of amidine groups is 1. The molecule has 6 nitrogen and oxygen atoms in total. The summed E-state index contributed by atoms with van der Waals surface area (Å²) in [6, 6.07) is 22.3. The number of carbonyl (C=O) groups excluding carboxylic acids is 2. The van der Waals surface area contributed by atoms with E-state index in [1.165, 1.54) is 11.8 Å². The van der Waals surface area contributed by atoms with Gasteiger partial charge in [-0.25, -0.2) is 4.99 Å². The molecule has 3 aromatic carbocycles. The molecule has 9 heteroatoms. The Kier molecular flexibility index (Phi) is 7.84. The van der Waals surface area contributed by atoms with E-state index in [4.69, 9.17) is 4.74 Å². The molecule has 0 spiro atoms. The first-order chi connectivity index (χ1) is 16.0. The monoisotopic (exact) mass is 633 g/mol. The molecule has 0 aliphatic carbocycles. The number of rotatable bonds is 6. The van der Waals surface area contributed by atoms with Crippen molar-refractivity contribution in [3.05, 3.63) is 91.3 Å². The van der Waals surface area contributed by atoms with Gasteiger partial charge in [0.25, 0.3) is 11.8 Å². The van der Waals surface area contributed by atoms with Crippen LogP contribution in [-0.4, -0.2) is 23.6 Å². The van der Waals surface area contributed by atoms with Crippen molar-refractivity contribution in [1.82, 2.24) is 5.32 Å². The van der Waals surface area contributed by atoms with Gasteiger partial charge in [-0.3, -0.25) is 9.59 Å². The van der Waals surface area contributed by atoms with Crippen LogP contribution in [0.5, 0.6) is 5.75 Å². The maximum atomic E-state index is 12.5. The van der Waals surface area contributed by atoms with Gasteiger partial charge < -0.3 is 15.4 Å². The van der Waals surface area contributed by atoms with E-state index < -0.39 is 0 Å². The van der Waals surface area contributed by atoms with E-state index >= 15 is 0 Å². The molecule has 0 saturated carbocycles. The van der Waals surface area contributed by atoms with Gasteiger partial charge in [-0.1, -0.05) is 34.1 Å². The van der Waals surface area contributed by atoms with E-state index in [0.29, 0.717) is 27.1 Å². The van der Waals surface area contributed by atoms with Gasteiger partial charge in [0.05, 0.1) is 10.6 Å². The molecule has 1 saturated heterocycles. The molecule has 33 heavy (non-hydrogen) atoms. The number of hydrogen-bond acceptors (Lipinski definition) is 5. The van der Waals surface area contributed by atoms with Crippen molar-refractivity contribution in [3.63, 3.8) is 0 Å². The third kappa shape index (κ3) is 6.68. The number of thioether (sulfide) groups is 1. The van der Waals surface area contributed by atoms with Crippen LogP contribution in [0.25, 0.3) is 6.08 Å². The molecular weight excluding hydrogens is 617 g/mol. The lowest BCUT2D eigenvalue weighted by molar-refractivity contribution is -0.118. The van der Waals surface area contributed by atoms with Crippen LogP contribution in [-0.2, 0) is 9.59 Å². The van der Waals surface area contributed by atoms with Crippen molar-refractivity contribution in [1.29, 1.82) is 0 Å². The average molecular weight is 634 g/mol. The SMILES string of the molecule is O=C(COc1ccc(Br)cc1C=C1SC(=Nc2ccc(I)cc2)NC1=O)Nc1ccccc1. The number of hydrogen-bond donors (Lipinski definition) is 2. The van der Waals surface area contributed by atoms with Crippen LogP contribution in [0.4, 0.5) is 11.4 Å². The van der Waals surface area contributed by atoms with Gasteiger partial charge in [0, 0.05) is 19.3 Å². The first-order valence-corrected chi connectivity index (χ1v) is 12.5. The normalized spacial score (nSPS) is 15.5. The van der Waals surface area contributed by atoms with E-state index in [1.54, 1.807) is 24.3 Å². The van der Waals surface area contributed by atoms with Crippen molar-refractivity contribution in [3.8, 4) is 5.75 Å². The van der Waals surface area contributed by atoms with Crippen LogP contribution in [0.1, 0.15) is 5.56 Å². The predicted molar refractivity (Wildman–Crippen MR) is 145 cm³/mol. The van der Waals surface area contributed by atoms with Crippen molar-refractivity contribution in [2.75, 3.05) is 11.9 Å². The highest BCUT2D eigenvalue weighted by Crippen LogP contribution is 2.32. The van der Waals surface area contributed by atoms with E-state index in [2.05, 4.69) is 54.1 Å². The second-order valence-electron chi connectivity index (χ2n) is 6.84. The molecule has 1 aliphatic heterocycles. The van der Waals surface area contributed by atoms with Crippen molar-refractivity contribution in [2.24, 2.45) is 4.99 Å². The lowest BCUT2D eigenvalue weighted by Gasteiger charge is -2.10. The zero-order chi connectivity index (χ0) is 23.2. The maximum absolute atomic E-state index is 12.5. The summed E-state index contributed by atoms with van der Waals surface area (Å²) in [5.74, 6) is -0.0232. The topological polar surface area (TPSA) is 79.8 Å². The smallest absolute Gasteiger partial charge is 0.264 e. The number of carbonyl (C=O) groups is 2. The summed E-state index contributed by atoms with van der Waals surface area (Å²) in [5.41, 5.74) is 2.13. The van der Waals surface area contributed by atoms with Gasteiger partial charge in [0.2, 0.25) is 0 Å². The second-order valence-corrected chi connectivity index (χ2v) is 10.0. The lowest BCUT2D eigenvalue weighted by Crippen LogP contribution is -2.20. The highest BCUT2D eigenvalue weighted by molar-refractivity contribution is 14.1. The van der Waals surface area contributed by atoms with Gasteiger partial charge in [0.15, 0.2) is 11.8 Å². The number of ether oxygens (including phenoxy) is 1. The van der Waals surface area contributed by atoms with Crippen molar-refractivity contribution < 1.29 is 14.3 Å². The van der Waals surface area contributed by atoms with Gasteiger partial charge >= 0.3 is 0 Å². The summed E-state index contributed by atoms with van der Waals surface area (Å²) < 4.78 is 7.69. The molecule has 0 aromatic heterocycles. The second kappa shape index (κ2) is 11.0. The summed E-state index contributed by atoms with van der Waals surface area (Å²) in [6.45, 7) is -0.161. The highest BCUT2D eigenvalue weighted by atomic mass is 127. The molecule has 0 radical (unpaired) electrons. The summed E-state index contributed by atoms with van der Waals surface area (Å²) >= 11 is 6.93. The molecular formula is C24H17BrIN3O3S. The minimum atomic E-state index is -0.275. The molecule has 4 rings (SSSR count). The molecule has 3 aromatic rings. The summed E-state index contributed by atoms with van der Waals surface area (Å²) in [5, 5.41) is 6.08. The first kappa shape index (κ1) is 23.5. The minimum absolute atomic E-state index is 0.161. The van der Waals surface area contributed by atoms with Gasteiger partial charge in [-0.15, -0.1) is 0 Å². The third-order valence-corrected chi connectivity index (χ3v) is 6.51. The Morgan fingerprint density at radius 3 is 2.64 bits per heavy atom. The average Bonchev–Trinajstić information content (AvgIpc) is 3.14. The van der Waals surface area contributed by atoms with Crippen molar-refractivity contribution in [2.45, 2.75) is 0 Å². The summed E-state index contributed by atoms with van der Waals surface area (Å²) in [7, 11) is 0. The fraction of sp³-hybridized carbons (Fsp3) is 0.0417. The molecule has 2 amide bonds. The first-order valence-electron chi connectivity index (χ1n) is 9.79. The van der Waals surface area contributed by atoms with Crippen LogP contribution in [0, 0.1) is 3.57 Å². The number of nitrogens with zero attached hydrogens (tertiary/aromatic N) is 1. The van der Waals surface area contributed by atoms with E-state index in [0.717, 1.165) is 13.7 Å². The van der Waals surface area contributed by atoms with Crippen molar-refractivity contribution >= 4 is 84.7 Å². The fourth-order valence-electron chi connectivity index (χ4n) is 2.88. The predicted octanol–water partition coefficient (Wildman–Crippen LogP) is 5.96. The highest BCUT2D eigenvalue weighted by Gasteiger charge is 2.24. The number of benzene rings is 3. The Labute approximate surface area is 217 Å². The van der Waals surface area contributed by atoms with Crippen LogP contribution in [0.2, 0.25) is 0 Å². The molecule has 0 atom stereocenters. The molecule has 1 aliphatic rings. The Bertz CT molecular complexity index is 1250. The Morgan fingerprint density at radius 1 is 1.12 bits per heavy atom. The molecule has 1 fully saturated rings. The molecule has 2 N–H and O–H groups in total. The standard InChI is InChI=1S/C24H17BrIN3O3S/c25-16-6-11-20(32-14-22(30)27-18-4-2-1-3-5-18)15(12-16)13-21-23(31)29-24(33-21)28-19-9-7-17(26)8-10-19/h1-13H,14H2,(H,27,30)(H,28,29,31). The number of anilines is 1. The largest absolute Gasteiger partial charge is 0.483 e. The molecule has 0 bridgehead atoms. The van der Waals surface area contributed by atoms with E-state index in [9.17, 15) is 9.59 Å². The van der Waals surface area contributed by atoms with Gasteiger partial charge in [-0.05, 0) is 95.0 Å². The number of amides is 2. The third-order valence-electron chi connectivity index (χ3n) is 4.38. The quantitative estimate of drug-likeness (QED) is 0.259. The number of aliphatic imine (C=N–C) groups is 1.